The molecule has 2 heterocycles. The van der Waals surface area contributed by atoms with E-state index in [-0.39, 0.29) is 41.7 Å². The Balaban J connectivity index is 1.94. The van der Waals surface area contributed by atoms with Gasteiger partial charge in [0.15, 0.2) is 0 Å². The first-order chi connectivity index (χ1) is 10.5. The molecule has 0 aliphatic carbocycles. The van der Waals surface area contributed by atoms with E-state index >= 15 is 0 Å². The van der Waals surface area contributed by atoms with Crippen molar-refractivity contribution in [2.24, 2.45) is 0 Å². The number of carbonyl (C=O) groups is 1. The van der Waals surface area contributed by atoms with E-state index < -0.39 is 17.7 Å². The Kier molecular flexibility index (Phi) is 3.84. The van der Waals surface area contributed by atoms with Crippen LogP contribution in [0.4, 0.5) is 8.78 Å². The normalized spacial score (nSPS) is 22.3. The highest BCUT2D eigenvalue weighted by molar-refractivity contribution is 5.98. The van der Waals surface area contributed by atoms with Gasteiger partial charge < -0.3 is 19.7 Å². The number of benzene rings is 1. The molecule has 1 aromatic carbocycles. The zero-order chi connectivity index (χ0) is 15.9. The van der Waals surface area contributed by atoms with E-state index in [0.717, 1.165) is 12.1 Å². The van der Waals surface area contributed by atoms with Crippen molar-refractivity contribution < 1.29 is 23.4 Å². The third-order valence-electron chi connectivity index (χ3n) is 3.89. The van der Waals surface area contributed by atoms with Crippen LogP contribution in [-0.4, -0.2) is 52.8 Å². The third-order valence-corrected chi connectivity index (χ3v) is 3.89. The van der Waals surface area contributed by atoms with Crippen LogP contribution >= 0.6 is 0 Å². The van der Waals surface area contributed by atoms with Gasteiger partial charge >= 0.3 is 0 Å². The number of amides is 1. The Labute approximate surface area is 125 Å². The minimum absolute atomic E-state index is 0.0250. The van der Waals surface area contributed by atoms with Gasteiger partial charge in [0, 0.05) is 11.9 Å². The maximum Gasteiger partial charge on any atom is 0.270 e. The van der Waals surface area contributed by atoms with Gasteiger partial charge in [-0.05, 0) is 25.1 Å². The average molecular weight is 310 g/mol. The molecule has 1 aromatic heterocycles. The molecule has 7 heteroatoms. The van der Waals surface area contributed by atoms with E-state index in [2.05, 4.69) is 4.98 Å². The van der Waals surface area contributed by atoms with Crippen molar-refractivity contribution in [3.63, 3.8) is 0 Å². The summed E-state index contributed by atoms with van der Waals surface area (Å²) in [5.74, 6) is -1.57. The second-order valence-corrected chi connectivity index (χ2v) is 5.45. The molecule has 0 unspecified atom stereocenters. The van der Waals surface area contributed by atoms with E-state index in [0.29, 0.717) is 6.61 Å². The summed E-state index contributed by atoms with van der Waals surface area (Å²) in [6.07, 6.45) is -0.446. The number of hydrogen-bond donors (Lipinski definition) is 2. The first-order valence-electron chi connectivity index (χ1n) is 7.01. The Morgan fingerprint density at radius 2 is 2.18 bits per heavy atom. The fourth-order valence-electron chi connectivity index (χ4n) is 2.63. The van der Waals surface area contributed by atoms with Crippen molar-refractivity contribution in [1.29, 1.82) is 0 Å². The highest BCUT2D eigenvalue weighted by Gasteiger charge is 2.31. The summed E-state index contributed by atoms with van der Waals surface area (Å²) in [6.45, 7) is 2.17. The number of morpholine rings is 1. The van der Waals surface area contributed by atoms with Crippen LogP contribution in [-0.2, 0) is 4.74 Å². The quantitative estimate of drug-likeness (QED) is 0.887. The summed E-state index contributed by atoms with van der Waals surface area (Å²) in [6, 6.07) is 3.17. The minimum Gasteiger partial charge on any atom is -0.394 e. The number of fused-ring (bicyclic) bond motifs is 1. The van der Waals surface area contributed by atoms with Crippen LogP contribution in [0.3, 0.4) is 0 Å². The molecule has 0 spiro atoms. The summed E-state index contributed by atoms with van der Waals surface area (Å²) in [5, 5.41) is 9.21. The average Bonchev–Trinajstić information content (AvgIpc) is 2.97. The second-order valence-electron chi connectivity index (χ2n) is 5.45. The van der Waals surface area contributed by atoms with Crippen LogP contribution in [0, 0.1) is 11.6 Å². The number of aromatic nitrogens is 1. The summed E-state index contributed by atoms with van der Waals surface area (Å²) in [5.41, 5.74) is 0.0902. The van der Waals surface area contributed by atoms with E-state index in [1.54, 1.807) is 0 Å². The Hall–Kier alpha value is -1.99. The fraction of sp³-hybridized carbons (Fsp3) is 0.400. The van der Waals surface area contributed by atoms with Crippen molar-refractivity contribution >= 4 is 16.8 Å². The predicted molar refractivity (Wildman–Crippen MR) is 75.5 cm³/mol. The summed E-state index contributed by atoms with van der Waals surface area (Å²) in [4.78, 5) is 16.8. The van der Waals surface area contributed by atoms with Gasteiger partial charge in [0.25, 0.3) is 5.91 Å². The van der Waals surface area contributed by atoms with E-state index in [1.807, 2.05) is 6.92 Å². The molecular formula is C15H16F2N2O3. The van der Waals surface area contributed by atoms with Gasteiger partial charge in [0.1, 0.15) is 17.3 Å². The molecule has 3 rings (SSSR count). The van der Waals surface area contributed by atoms with E-state index in [9.17, 15) is 13.6 Å². The highest BCUT2D eigenvalue weighted by atomic mass is 19.1. The molecule has 2 aromatic rings. The van der Waals surface area contributed by atoms with Crippen molar-refractivity contribution in [2.75, 3.05) is 19.8 Å². The maximum atomic E-state index is 13.7. The van der Waals surface area contributed by atoms with Gasteiger partial charge in [0.05, 0.1) is 30.9 Å². The zero-order valence-electron chi connectivity index (χ0n) is 12.0. The lowest BCUT2D eigenvalue weighted by Gasteiger charge is -2.37. The summed E-state index contributed by atoms with van der Waals surface area (Å²) >= 11 is 0. The Morgan fingerprint density at radius 3 is 2.86 bits per heavy atom. The van der Waals surface area contributed by atoms with Gasteiger partial charge in [-0.15, -0.1) is 0 Å². The number of nitrogens with zero attached hydrogens (tertiary/aromatic N) is 1. The first-order valence-corrected chi connectivity index (χ1v) is 7.01. The molecule has 1 fully saturated rings. The maximum absolute atomic E-state index is 13.7. The zero-order valence-corrected chi connectivity index (χ0v) is 12.0. The van der Waals surface area contributed by atoms with Crippen LogP contribution in [0.2, 0.25) is 0 Å². The number of aromatic amines is 1. The number of hydrogen-bond acceptors (Lipinski definition) is 3. The van der Waals surface area contributed by atoms with Crippen molar-refractivity contribution in [2.45, 2.75) is 19.1 Å². The SMILES string of the molecule is C[C@H]1CO[C@H](CO)CN1C(=O)c1cc2c(F)ccc(F)c2[nH]1. The fourth-order valence-corrected chi connectivity index (χ4v) is 2.63. The molecule has 5 nitrogen and oxygen atoms in total. The lowest BCUT2D eigenvalue weighted by atomic mass is 10.1. The Morgan fingerprint density at radius 1 is 1.45 bits per heavy atom. The molecule has 0 bridgehead atoms. The molecule has 22 heavy (non-hydrogen) atoms. The predicted octanol–water partition coefficient (Wildman–Crippen LogP) is 1.67. The second kappa shape index (κ2) is 5.66. The molecule has 2 N–H and O–H groups in total. The molecule has 0 saturated carbocycles. The van der Waals surface area contributed by atoms with Crippen LogP contribution in [0.5, 0.6) is 0 Å². The molecular weight excluding hydrogens is 294 g/mol. The smallest absolute Gasteiger partial charge is 0.270 e. The van der Waals surface area contributed by atoms with Gasteiger partial charge in [-0.3, -0.25) is 4.79 Å². The van der Waals surface area contributed by atoms with Gasteiger partial charge in [-0.25, -0.2) is 8.78 Å². The van der Waals surface area contributed by atoms with Crippen LogP contribution in [0.25, 0.3) is 10.9 Å². The molecule has 1 saturated heterocycles. The molecule has 1 amide bonds. The lowest BCUT2D eigenvalue weighted by molar-refractivity contribution is -0.0668. The minimum atomic E-state index is -0.612. The van der Waals surface area contributed by atoms with Crippen LogP contribution < -0.4 is 0 Å². The van der Waals surface area contributed by atoms with Crippen molar-refractivity contribution in [3.05, 3.63) is 35.5 Å². The highest BCUT2D eigenvalue weighted by Crippen LogP contribution is 2.23. The number of H-pyrrole nitrogens is 1. The van der Waals surface area contributed by atoms with Gasteiger partial charge in [-0.2, -0.15) is 0 Å². The number of carbonyl (C=O) groups excluding carboxylic acids is 1. The molecule has 118 valence electrons. The van der Waals surface area contributed by atoms with Crippen molar-refractivity contribution in [3.8, 4) is 0 Å². The largest absolute Gasteiger partial charge is 0.394 e. The lowest BCUT2D eigenvalue weighted by Crippen LogP contribution is -2.52. The van der Waals surface area contributed by atoms with Crippen molar-refractivity contribution in [1.82, 2.24) is 9.88 Å². The third kappa shape index (κ3) is 2.46. The van der Waals surface area contributed by atoms with Gasteiger partial charge in [-0.1, -0.05) is 0 Å². The van der Waals surface area contributed by atoms with E-state index in [1.165, 1.54) is 11.0 Å². The molecule has 1 aliphatic rings. The molecule has 2 atom stereocenters. The van der Waals surface area contributed by atoms with Crippen LogP contribution in [0.1, 0.15) is 17.4 Å². The van der Waals surface area contributed by atoms with E-state index in [4.69, 9.17) is 9.84 Å². The number of halogens is 2. The number of nitrogens with one attached hydrogen (secondary N) is 1. The Bertz CT molecular complexity index is 677. The number of ether oxygens (including phenoxy) is 1. The number of aliphatic hydroxyl groups is 1. The monoisotopic (exact) mass is 310 g/mol. The topological polar surface area (TPSA) is 65.6 Å². The molecule has 1 aliphatic heterocycles. The molecule has 0 radical (unpaired) electrons. The number of aliphatic hydroxyl groups excluding tert-OH is 1. The summed E-state index contributed by atoms with van der Waals surface area (Å²) < 4.78 is 32.8. The van der Waals surface area contributed by atoms with Gasteiger partial charge in [0.2, 0.25) is 0 Å². The number of rotatable bonds is 2. The van der Waals surface area contributed by atoms with Crippen LogP contribution in [0.15, 0.2) is 18.2 Å². The first kappa shape index (κ1) is 14.9. The summed E-state index contributed by atoms with van der Waals surface area (Å²) in [7, 11) is 0. The standard InChI is InChI=1S/C15H16F2N2O3/c1-8-7-22-9(6-20)5-19(8)15(21)13-4-10-11(16)2-3-12(17)14(10)18-13/h2-4,8-9,18,20H,5-7H2,1H3/t8-,9-/m0/s1.